The molecule has 0 aliphatic heterocycles. The van der Waals surface area contributed by atoms with Gasteiger partial charge in [-0.1, -0.05) is 6.92 Å². The molecule has 2 heterocycles. The Labute approximate surface area is 85.6 Å². The van der Waals surface area contributed by atoms with Gasteiger partial charge >= 0.3 is 0 Å². The van der Waals surface area contributed by atoms with Crippen molar-refractivity contribution < 1.29 is 4.79 Å². The predicted octanol–water partition coefficient (Wildman–Crippen LogP) is 1.54. The Morgan fingerprint density at radius 2 is 2.57 bits per heavy atom. The second-order valence-electron chi connectivity index (χ2n) is 2.97. The first-order valence-corrected chi connectivity index (χ1v) is 5.39. The van der Waals surface area contributed by atoms with E-state index in [1.807, 2.05) is 22.9 Å². The summed E-state index contributed by atoms with van der Waals surface area (Å²) in [4.78, 5) is 16.5. The lowest BCUT2D eigenvalue weighted by Gasteiger charge is -1.98. The molecule has 0 radical (unpaired) electrons. The SMILES string of the molecule is CCCNC(=O)c1cn2ccsc2n1. The minimum absolute atomic E-state index is 0.0947. The number of nitrogens with one attached hydrogen (secondary N) is 1. The van der Waals surface area contributed by atoms with Crippen molar-refractivity contribution in [2.24, 2.45) is 0 Å². The van der Waals surface area contributed by atoms with Gasteiger partial charge in [-0.05, 0) is 6.42 Å². The minimum atomic E-state index is -0.0947. The van der Waals surface area contributed by atoms with Gasteiger partial charge in [0.15, 0.2) is 4.96 Å². The van der Waals surface area contributed by atoms with Gasteiger partial charge in [0.25, 0.3) is 5.91 Å². The Morgan fingerprint density at radius 1 is 1.71 bits per heavy atom. The number of thiazole rings is 1. The molecular weight excluding hydrogens is 198 g/mol. The topological polar surface area (TPSA) is 46.4 Å². The zero-order chi connectivity index (χ0) is 9.97. The Kier molecular flexibility index (Phi) is 2.49. The molecule has 0 saturated heterocycles. The van der Waals surface area contributed by atoms with E-state index in [4.69, 9.17) is 0 Å². The van der Waals surface area contributed by atoms with Gasteiger partial charge in [0.05, 0.1) is 0 Å². The van der Waals surface area contributed by atoms with Crippen molar-refractivity contribution in [2.45, 2.75) is 13.3 Å². The number of hydrogen-bond donors (Lipinski definition) is 1. The molecule has 0 aromatic carbocycles. The summed E-state index contributed by atoms with van der Waals surface area (Å²) in [6.07, 6.45) is 4.58. The lowest BCUT2D eigenvalue weighted by atomic mass is 10.4. The number of carbonyl (C=O) groups is 1. The van der Waals surface area contributed by atoms with E-state index in [0.717, 1.165) is 11.4 Å². The molecular formula is C9H11N3OS. The fourth-order valence-electron chi connectivity index (χ4n) is 1.17. The highest BCUT2D eigenvalue weighted by Gasteiger charge is 2.09. The highest BCUT2D eigenvalue weighted by atomic mass is 32.1. The molecule has 0 aliphatic rings. The summed E-state index contributed by atoms with van der Waals surface area (Å²) in [6, 6.07) is 0. The summed E-state index contributed by atoms with van der Waals surface area (Å²) in [5, 5.41) is 4.73. The van der Waals surface area contributed by atoms with Crippen LogP contribution in [0.3, 0.4) is 0 Å². The minimum Gasteiger partial charge on any atom is -0.351 e. The van der Waals surface area contributed by atoms with Gasteiger partial charge in [-0.3, -0.25) is 9.20 Å². The normalized spacial score (nSPS) is 10.6. The molecule has 0 bridgehead atoms. The number of hydrogen-bond acceptors (Lipinski definition) is 3. The quantitative estimate of drug-likeness (QED) is 0.833. The van der Waals surface area contributed by atoms with Gasteiger partial charge in [0.2, 0.25) is 0 Å². The summed E-state index contributed by atoms with van der Waals surface area (Å²) >= 11 is 1.52. The van der Waals surface area contributed by atoms with E-state index in [9.17, 15) is 4.79 Å². The molecule has 2 aromatic heterocycles. The smallest absolute Gasteiger partial charge is 0.271 e. The maximum Gasteiger partial charge on any atom is 0.271 e. The van der Waals surface area contributed by atoms with Gasteiger partial charge in [0.1, 0.15) is 5.69 Å². The second-order valence-corrected chi connectivity index (χ2v) is 3.85. The maximum absolute atomic E-state index is 11.5. The van der Waals surface area contributed by atoms with Crippen molar-refractivity contribution in [3.05, 3.63) is 23.5 Å². The van der Waals surface area contributed by atoms with E-state index in [1.54, 1.807) is 6.20 Å². The van der Waals surface area contributed by atoms with Crippen molar-refractivity contribution >= 4 is 22.2 Å². The van der Waals surface area contributed by atoms with Crippen LogP contribution in [0.15, 0.2) is 17.8 Å². The van der Waals surface area contributed by atoms with Crippen LogP contribution in [0.2, 0.25) is 0 Å². The molecule has 74 valence electrons. The predicted molar refractivity (Wildman–Crippen MR) is 55.7 cm³/mol. The number of rotatable bonds is 3. The van der Waals surface area contributed by atoms with Crippen molar-refractivity contribution in [3.8, 4) is 0 Å². The van der Waals surface area contributed by atoms with Crippen LogP contribution >= 0.6 is 11.3 Å². The van der Waals surface area contributed by atoms with Gasteiger partial charge in [-0.15, -0.1) is 11.3 Å². The summed E-state index contributed by atoms with van der Waals surface area (Å²) < 4.78 is 1.85. The molecule has 5 heteroatoms. The summed E-state index contributed by atoms with van der Waals surface area (Å²) in [5.41, 5.74) is 0.491. The van der Waals surface area contributed by atoms with Crippen LogP contribution in [0, 0.1) is 0 Å². The Hall–Kier alpha value is -1.36. The van der Waals surface area contributed by atoms with Crippen LogP contribution in [0.1, 0.15) is 23.8 Å². The Morgan fingerprint density at radius 3 is 3.29 bits per heavy atom. The summed E-state index contributed by atoms with van der Waals surface area (Å²) in [7, 11) is 0. The Balaban J connectivity index is 2.18. The molecule has 1 amide bonds. The van der Waals surface area contributed by atoms with E-state index >= 15 is 0 Å². The summed E-state index contributed by atoms with van der Waals surface area (Å²) in [6.45, 7) is 2.72. The first kappa shape index (κ1) is 9.21. The van der Waals surface area contributed by atoms with Gasteiger partial charge < -0.3 is 5.32 Å². The zero-order valence-electron chi connectivity index (χ0n) is 7.86. The molecule has 0 unspecified atom stereocenters. The van der Waals surface area contributed by atoms with Crippen molar-refractivity contribution in [2.75, 3.05) is 6.54 Å². The molecule has 4 nitrogen and oxygen atoms in total. The van der Waals surface area contributed by atoms with Crippen LogP contribution in [0.5, 0.6) is 0 Å². The van der Waals surface area contributed by atoms with E-state index in [-0.39, 0.29) is 5.91 Å². The van der Waals surface area contributed by atoms with Crippen LogP contribution < -0.4 is 5.32 Å². The van der Waals surface area contributed by atoms with E-state index < -0.39 is 0 Å². The lowest BCUT2D eigenvalue weighted by Crippen LogP contribution is -2.24. The number of amides is 1. The molecule has 0 spiro atoms. The molecule has 14 heavy (non-hydrogen) atoms. The largest absolute Gasteiger partial charge is 0.351 e. The van der Waals surface area contributed by atoms with Crippen molar-refractivity contribution in [1.82, 2.24) is 14.7 Å². The van der Waals surface area contributed by atoms with Gasteiger partial charge in [0, 0.05) is 24.3 Å². The highest BCUT2D eigenvalue weighted by molar-refractivity contribution is 7.15. The molecule has 2 rings (SSSR count). The molecule has 2 aromatic rings. The first-order chi connectivity index (χ1) is 6.81. The monoisotopic (exact) mass is 209 g/mol. The third-order valence-electron chi connectivity index (χ3n) is 1.86. The fourth-order valence-corrected chi connectivity index (χ4v) is 1.87. The standard InChI is InChI=1S/C9H11N3OS/c1-2-3-10-8(13)7-6-12-4-5-14-9(12)11-7/h4-6H,2-3H2,1H3,(H,10,13). The fraction of sp³-hybridized carbons (Fsp3) is 0.333. The third kappa shape index (κ3) is 1.63. The van der Waals surface area contributed by atoms with Crippen LogP contribution in [-0.4, -0.2) is 21.8 Å². The molecule has 0 aliphatic carbocycles. The first-order valence-electron chi connectivity index (χ1n) is 4.51. The van der Waals surface area contributed by atoms with Gasteiger partial charge in [-0.25, -0.2) is 4.98 Å². The van der Waals surface area contributed by atoms with Crippen molar-refractivity contribution in [3.63, 3.8) is 0 Å². The number of aromatic nitrogens is 2. The van der Waals surface area contributed by atoms with E-state index in [0.29, 0.717) is 12.2 Å². The van der Waals surface area contributed by atoms with Gasteiger partial charge in [-0.2, -0.15) is 0 Å². The number of nitrogens with zero attached hydrogens (tertiary/aromatic N) is 2. The Bertz CT molecular complexity index is 417. The average Bonchev–Trinajstić information content (AvgIpc) is 2.72. The molecule has 0 fully saturated rings. The third-order valence-corrected chi connectivity index (χ3v) is 2.63. The van der Waals surface area contributed by atoms with E-state index in [1.165, 1.54) is 11.3 Å². The second kappa shape index (κ2) is 3.79. The lowest BCUT2D eigenvalue weighted by molar-refractivity contribution is 0.0949. The van der Waals surface area contributed by atoms with Crippen molar-refractivity contribution in [1.29, 1.82) is 0 Å². The zero-order valence-corrected chi connectivity index (χ0v) is 8.67. The van der Waals surface area contributed by atoms with Crippen LogP contribution in [0.25, 0.3) is 4.96 Å². The highest BCUT2D eigenvalue weighted by Crippen LogP contribution is 2.10. The van der Waals surface area contributed by atoms with Crippen LogP contribution in [-0.2, 0) is 0 Å². The average molecular weight is 209 g/mol. The summed E-state index contributed by atoms with van der Waals surface area (Å²) in [5.74, 6) is -0.0947. The molecule has 1 N–H and O–H groups in total. The molecule has 0 atom stereocenters. The maximum atomic E-state index is 11.5. The number of imidazole rings is 1. The number of carbonyl (C=O) groups excluding carboxylic acids is 1. The number of fused-ring (bicyclic) bond motifs is 1. The van der Waals surface area contributed by atoms with E-state index in [2.05, 4.69) is 10.3 Å². The van der Waals surface area contributed by atoms with Crippen LogP contribution in [0.4, 0.5) is 0 Å². The molecule has 0 saturated carbocycles.